The second-order valence-electron chi connectivity index (χ2n) is 14.9. The lowest BCUT2D eigenvalue weighted by Crippen LogP contribution is -2.18. The fourth-order valence-electron chi connectivity index (χ4n) is 5.19. The Morgan fingerprint density at radius 3 is 1.58 bits per heavy atom. The minimum Gasteiger partial charge on any atom is -0.501 e. The first-order chi connectivity index (χ1) is 28.0. The number of ether oxygens (including phenoxy) is 5. The highest BCUT2D eigenvalue weighted by molar-refractivity contribution is 5.17. The molecule has 0 amide bonds. The first-order valence-electron chi connectivity index (χ1n) is 24.1. The van der Waals surface area contributed by atoms with Crippen molar-refractivity contribution in [2.75, 3.05) is 33.0 Å². The zero-order chi connectivity index (χ0) is 42.6. The molecule has 1 aliphatic carbocycles. The van der Waals surface area contributed by atoms with E-state index in [4.69, 9.17) is 23.7 Å². The molecule has 0 aliphatic heterocycles. The van der Waals surface area contributed by atoms with Gasteiger partial charge in [0.1, 0.15) is 0 Å². The topological polar surface area (TPSA) is 46.2 Å². The van der Waals surface area contributed by atoms with E-state index in [0.29, 0.717) is 0 Å². The summed E-state index contributed by atoms with van der Waals surface area (Å²) in [6, 6.07) is 0. The van der Waals surface area contributed by atoms with Gasteiger partial charge in [0.15, 0.2) is 6.29 Å². The van der Waals surface area contributed by atoms with E-state index >= 15 is 0 Å². The van der Waals surface area contributed by atoms with Crippen LogP contribution in [0.3, 0.4) is 0 Å². The Kier molecular flexibility index (Phi) is 57.9. The van der Waals surface area contributed by atoms with Crippen LogP contribution in [0.25, 0.3) is 0 Å². The van der Waals surface area contributed by atoms with E-state index in [9.17, 15) is 0 Å². The van der Waals surface area contributed by atoms with E-state index in [1.54, 1.807) is 6.26 Å². The SMILES string of the molecule is C=CC1=CCCCC1.CCCCCC/C=C/C=C/C=C/OCCCC.CCCCCCC=C(OCCCC)OCCCC.CCCCOC(CCC)OCCCC. The van der Waals surface area contributed by atoms with Gasteiger partial charge in [-0.2, -0.15) is 0 Å². The van der Waals surface area contributed by atoms with Crippen molar-refractivity contribution in [1.82, 2.24) is 0 Å². The molecule has 5 nitrogen and oxygen atoms in total. The summed E-state index contributed by atoms with van der Waals surface area (Å²) >= 11 is 0. The van der Waals surface area contributed by atoms with Gasteiger partial charge in [-0.1, -0.05) is 181 Å². The summed E-state index contributed by atoms with van der Waals surface area (Å²) in [4.78, 5) is 0. The molecular weight excluding hydrogens is 705 g/mol. The van der Waals surface area contributed by atoms with Crippen LogP contribution in [0, 0.1) is 0 Å². The predicted molar refractivity (Wildman–Crippen MR) is 253 cm³/mol. The molecule has 0 bridgehead atoms. The van der Waals surface area contributed by atoms with Crippen LogP contribution in [0.2, 0.25) is 0 Å². The van der Waals surface area contributed by atoms with Crippen LogP contribution in [-0.4, -0.2) is 39.3 Å². The molecule has 0 N–H and O–H groups in total. The molecule has 0 aromatic rings. The Hall–Kier alpha value is -2.24. The molecule has 0 fully saturated rings. The first-order valence-corrected chi connectivity index (χ1v) is 24.1. The second kappa shape index (κ2) is 55.9. The Labute approximate surface area is 357 Å². The molecule has 5 heteroatoms. The Morgan fingerprint density at radius 2 is 1.09 bits per heavy atom. The lowest BCUT2D eigenvalue weighted by Gasteiger charge is -2.17. The third kappa shape index (κ3) is 53.8. The van der Waals surface area contributed by atoms with E-state index in [2.05, 4.69) is 92.3 Å². The standard InChI is InChI=1S/C16H32O2.C16H28O.C12H26O2.C8H12/c1-4-7-10-11-12-13-16(17-14-8-5-2)18-15-9-6-3;1-3-5-7-8-9-10-11-12-13-14-16-17-15-6-4-2;1-4-7-10-13-12(9-6-3)14-11-8-5-2;1-2-8-6-4-3-5-7-8/h13H,4-12,14-15H2,1-3H3;10-14,16H,3-9,15H2,1-2H3;12H,4-11H2,1-3H3;2,6H,1,3-5,7H2/b;11-10+,13-12+,16-14+;;. The smallest absolute Gasteiger partial charge is 0.274 e. The molecule has 0 radical (unpaired) electrons. The van der Waals surface area contributed by atoms with Crippen molar-refractivity contribution >= 4 is 0 Å². The van der Waals surface area contributed by atoms with Crippen molar-refractivity contribution in [3.8, 4) is 0 Å². The molecule has 0 atom stereocenters. The highest BCUT2D eigenvalue weighted by Crippen LogP contribution is 2.17. The van der Waals surface area contributed by atoms with Gasteiger partial charge in [0, 0.05) is 13.2 Å². The monoisotopic (exact) mass is 803 g/mol. The summed E-state index contributed by atoms with van der Waals surface area (Å²) in [5.41, 5.74) is 1.44. The van der Waals surface area contributed by atoms with Gasteiger partial charge in [-0.05, 0) is 102 Å². The summed E-state index contributed by atoms with van der Waals surface area (Å²) in [6.07, 6.45) is 50.2. The average Bonchev–Trinajstić information content (AvgIpc) is 3.23. The summed E-state index contributed by atoms with van der Waals surface area (Å²) < 4.78 is 27.9. The molecule has 0 saturated heterocycles. The lowest BCUT2D eigenvalue weighted by molar-refractivity contribution is -0.147. The Bertz CT molecular complexity index is 880. The van der Waals surface area contributed by atoms with Gasteiger partial charge in [0.05, 0.1) is 26.1 Å². The first kappa shape index (κ1) is 59.1. The van der Waals surface area contributed by atoms with Gasteiger partial charge in [0.2, 0.25) is 0 Å². The normalized spacial score (nSPS) is 12.3. The zero-order valence-corrected chi connectivity index (χ0v) is 39.4. The molecule has 57 heavy (non-hydrogen) atoms. The third-order valence-electron chi connectivity index (χ3n) is 9.05. The molecule has 0 aromatic heterocycles. The number of allylic oxidation sites excluding steroid dienone is 9. The van der Waals surface area contributed by atoms with Crippen molar-refractivity contribution in [2.45, 2.75) is 229 Å². The number of rotatable bonds is 35. The maximum absolute atomic E-state index is 5.67. The van der Waals surface area contributed by atoms with Gasteiger partial charge in [-0.25, -0.2) is 0 Å². The van der Waals surface area contributed by atoms with Crippen LogP contribution in [0.5, 0.6) is 0 Å². The van der Waals surface area contributed by atoms with Crippen molar-refractivity contribution < 1.29 is 23.7 Å². The highest BCUT2D eigenvalue weighted by Gasteiger charge is 2.07. The quantitative estimate of drug-likeness (QED) is 0.0276. The van der Waals surface area contributed by atoms with Gasteiger partial charge < -0.3 is 23.7 Å². The van der Waals surface area contributed by atoms with Crippen LogP contribution in [0.1, 0.15) is 222 Å². The highest BCUT2D eigenvalue weighted by atomic mass is 16.7. The summed E-state index contributed by atoms with van der Waals surface area (Å²) in [6.45, 7) is 25.3. The zero-order valence-electron chi connectivity index (χ0n) is 39.4. The predicted octanol–water partition coefficient (Wildman–Crippen LogP) is 17.2. The van der Waals surface area contributed by atoms with Crippen LogP contribution in [-0.2, 0) is 23.7 Å². The van der Waals surface area contributed by atoms with Crippen molar-refractivity contribution in [3.05, 3.63) is 73.0 Å². The molecule has 0 spiro atoms. The van der Waals surface area contributed by atoms with E-state index in [0.717, 1.165) is 90.3 Å². The molecule has 0 saturated carbocycles. The summed E-state index contributed by atoms with van der Waals surface area (Å²) in [5.74, 6) is 0.758. The number of hydrogen-bond acceptors (Lipinski definition) is 5. The third-order valence-corrected chi connectivity index (χ3v) is 9.05. The fraction of sp³-hybridized carbons (Fsp3) is 0.769. The van der Waals surface area contributed by atoms with Gasteiger partial charge in [-0.15, -0.1) is 0 Å². The van der Waals surface area contributed by atoms with E-state index in [1.807, 2.05) is 18.2 Å². The maximum atomic E-state index is 5.67. The molecule has 0 aromatic carbocycles. The second-order valence-corrected chi connectivity index (χ2v) is 14.9. The summed E-state index contributed by atoms with van der Waals surface area (Å²) in [5, 5.41) is 0. The van der Waals surface area contributed by atoms with Gasteiger partial charge in [-0.3, -0.25) is 0 Å². The largest absolute Gasteiger partial charge is 0.501 e. The molecular formula is C52H98O5. The van der Waals surface area contributed by atoms with Crippen LogP contribution in [0.4, 0.5) is 0 Å². The van der Waals surface area contributed by atoms with Crippen LogP contribution >= 0.6 is 0 Å². The Balaban J connectivity index is -0.000000703. The summed E-state index contributed by atoms with van der Waals surface area (Å²) in [7, 11) is 0. The number of unbranched alkanes of at least 4 members (excludes halogenated alkanes) is 13. The van der Waals surface area contributed by atoms with Crippen LogP contribution < -0.4 is 0 Å². The van der Waals surface area contributed by atoms with Gasteiger partial charge >= 0.3 is 0 Å². The molecule has 1 rings (SSSR count). The minimum atomic E-state index is 0.0399. The Morgan fingerprint density at radius 1 is 0.561 bits per heavy atom. The van der Waals surface area contributed by atoms with Gasteiger partial charge in [0.25, 0.3) is 5.95 Å². The van der Waals surface area contributed by atoms with E-state index < -0.39 is 0 Å². The van der Waals surface area contributed by atoms with E-state index in [1.165, 1.54) is 121 Å². The molecule has 336 valence electrons. The van der Waals surface area contributed by atoms with Crippen molar-refractivity contribution in [2.24, 2.45) is 0 Å². The van der Waals surface area contributed by atoms with Crippen molar-refractivity contribution in [1.29, 1.82) is 0 Å². The average molecular weight is 803 g/mol. The number of hydrogen-bond donors (Lipinski definition) is 0. The maximum Gasteiger partial charge on any atom is 0.274 e. The van der Waals surface area contributed by atoms with E-state index in [-0.39, 0.29) is 6.29 Å². The molecule has 1 aliphatic rings. The fourth-order valence-corrected chi connectivity index (χ4v) is 5.19. The van der Waals surface area contributed by atoms with Crippen molar-refractivity contribution in [3.63, 3.8) is 0 Å². The minimum absolute atomic E-state index is 0.0399. The van der Waals surface area contributed by atoms with Crippen LogP contribution in [0.15, 0.2) is 73.0 Å². The molecule has 0 unspecified atom stereocenters. The molecule has 0 heterocycles. The lowest BCUT2D eigenvalue weighted by atomic mass is 10.0.